The molecule has 41 heavy (non-hydrogen) atoms. The van der Waals surface area contributed by atoms with Crippen LogP contribution in [0.4, 0.5) is 10.2 Å². The molecule has 4 heterocycles. The Morgan fingerprint density at radius 3 is 2.61 bits per heavy atom. The smallest absolute Gasteiger partial charge is 0.311 e. The van der Waals surface area contributed by atoms with Crippen molar-refractivity contribution >= 4 is 38.4 Å². The number of amides is 1. The number of pyridine rings is 1. The molecule has 13 heteroatoms. The highest BCUT2D eigenvalue weighted by atomic mass is 32.2. The number of hydrogen-bond acceptors (Lipinski definition) is 7. The van der Waals surface area contributed by atoms with E-state index in [1.165, 1.54) is 22.9 Å². The number of sulfone groups is 1. The number of carbonyl (C=O) groups excluding carboxylic acids is 1. The van der Waals surface area contributed by atoms with E-state index in [2.05, 4.69) is 15.4 Å². The van der Waals surface area contributed by atoms with E-state index in [0.717, 1.165) is 11.1 Å². The minimum absolute atomic E-state index is 0.00828. The van der Waals surface area contributed by atoms with Crippen LogP contribution in [-0.4, -0.2) is 57.8 Å². The molecule has 216 valence electrons. The predicted octanol–water partition coefficient (Wildman–Crippen LogP) is 3.13. The van der Waals surface area contributed by atoms with Crippen molar-refractivity contribution < 1.29 is 27.5 Å². The van der Waals surface area contributed by atoms with E-state index in [1.54, 1.807) is 55.9 Å². The Kier molecular flexibility index (Phi) is 6.88. The summed E-state index contributed by atoms with van der Waals surface area (Å²) in [6.45, 7) is 5.37. The molecule has 1 unspecified atom stereocenters. The number of fused-ring (bicyclic) bond motifs is 1. The molecule has 5 rings (SSSR count). The summed E-state index contributed by atoms with van der Waals surface area (Å²) in [7, 11) is -0.607. The lowest BCUT2D eigenvalue weighted by atomic mass is 9.90. The molecule has 1 fully saturated rings. The van der Waals surface area contributed by atoms with E-state index >= 15 is 0 Å². The summed E-state index contributed by atoms with van der Waals surface area (Å²) in [5.41, 5.74) is 1.18. The molecular weight excluding hydrogens is 551 g/mol. The summed E-state index contributed by atoms with van der Waals surface area (Å²) in [6, 6.07) is 5.65. The van der Waals surface area contributed by atoms with Crippen LogP contribution in [0.3, 0.4) is 0 Å². The largest absolute Gasteiger partial charge is 0.481 e. The molecule has 1 aliphatic heterocycles. The summed E-state index contributed by atoms with van der Waals surface area (Å²) in [5, 5.41) is 17.2. The van der Waals surface area contributed by atoms with Gasteiger partial charge in [-0.05, 0) is 57.0 Å². The van der Waals surface area contributed by atoms with Crippen LogP contribution in [0.5, 0.6) is 0 Å². The summed E-state index contributed by atoms with van der Waals surface area (Å²) < 4.78 is 45.5. The lowest BCUT2D eigenvalue weighted by Crippen LogP contribution is -2.33. The van der Waals surface area contributed by atoms with Crippen molar-refractivity contribution in [3.05, 3.63) is 65.0 Å². The molecule has 2 N–H and O–H groups in total. The highest BCUT2D eigenvalue weighted by molar-refractivity contribution is 7.91. The van der Waals surface area contributed by atoms with Crippen LogP contribution in [0.25, 0.3) is 10.9 Å². The van der Waals surface area contributed by atoms with Gasteiger partial charge >= 0.3 is 5.97 Å². The Morgan fingerprint density at radius 2 is 1.93 bits per heavy atom. The Balaban J connectivity index is 1.41. The molecular formula is C28H31FN6O5S. The lowest BCUT2D eigenvalue weighted by molar-refractivity contribution is -0.146. The first-order valence-electron chi connectivity index (χ1n) is 13.0. The van der Waals surface area contributed by atoms with Crippen LogP contribution in [0, 0.1) is 25.1 Å². The first-order valence-corrected chi connectivity index (χ1v) is 14.5. The minimum atomic E-state index is -3.98. The average molecular weight is 583 g/mol. The monoisotopic (exact) mass is 582 g/mol. The van der Waals surface area contributed by atoms with Crippen LogP contribution in [0.1, 0.15) is 40.7 Å². The third kappa shape index (κ3) is 4.73. The third-order valence-corrected chi connectivity index (χ3v) is 9.86. The molecule has 4 aromatic rings. The molecule has 1 saturated heterocycles. The van der Waals surface area contributed by atoms with Crippen molar-refractivity contribution in [2.45, 2.75) is 43.5 Å². The number of carboxylic acid groups (broad SMARTS) is 1. The number of aromatic nitrogens is 4. The molecule has 0 radical (unpaired) electrons. The number of halogens is 1. The van der Waals surface area contributed by atoms with Gasteiger partial charge in [-0.1, -0.05) is 0 Å². The molecule has 1 aliphatic rings. The maximum atomic E-state index is 14.9. The molecule has 1 atom stereocenters. The fourth-order valence-corrected chi connectivity index (χ4v) is 7.09. The first-order chi connectivity index (χ1) is 19.2. The van der Waals surface area contributed by atoms with Gasteiger partial charge in [0.15, 0.2) is 0 Å². The second kappa shape index (κ2) is 9.98. The van der Waals surface area contributed by atoms with E-state index in [1.807, 2.05) is 6.92 Å². The van der Waals surface area contributed by atoms with E-state index in [0.29, 0.717) is 24.0 Å². The van der Waals surface area contributed by atoms with Crippen molar-refractivity contribution in [2.75, 3.05) is 18.0 Å². The maximum absolute atomic E-state index is 14.9. The molecule has 0 saturated carbocycles. The van der Waals surface area contributed by atoms with Crippen LogP contribution in [0.2, 0.25) is 0 Å². The van der Waals surface area contributed by atoms with Crippen molar-refractivity contribution in [1.29, 1.82) is 0 Å². The lowest BCUT2D eigenvalue weighted by Gasteiger charge is -2.23. The zero-order chi connectivity index (χ0) is 29.9. The Bertz CT molecular complexity index is 1830. The number of nitrogens with zero attached hydrogens (tertiary/aromatic N) is 5. The SMILES string of the molecule is Cc1cc(S(=O)(=O)c2cc(C(=O)NCc3c(F)ccnc3N3CCC(C)(C(=O)O)C3)n(C)c2C)cc2cnn(C)c12. The van der Waals surface area contributed by atoms with Gasteiger partial charge in [-0.3, -0.25) is 14.3 Å². The average Bonchev–Trinajstić information content (AvgIpc) is 3.59. The number of carbonyl (C=O) groups is 2. The van der Waals surface area contributed by atoms with Gasteiger partial charge in [0.2, 0.25) is 9.84 Å². The van der Waals surface area contributed by atoms with Gasteiger partial charge in [-0.2, -0.15) is 5.10 Å². The molecule has 11 nitrogen and oxygen atoms in total. The molecule has 0 spiro atoms. The Labute approximate surface area is 236 Å². The molecule has 1 amide bonds. The predicted molar refractivity (Wildman–Crippen MR) is 149 cm³/mol. The summed E-state index contributed by atoms with van der Waals surface area (Å²) in [5.74, 6) is -1.86. The second-order valence-electron chi connectivity index (χ2n) is 10.8. The zero-order valence-corrected chi connectivity index (χ0v) is 24.2. The Morgan fingerprint density at radius 1 is 1.20 bits per heavy atom. The summed E-state index contributed by atoms with van der Waals surface area (Å²) in [4.78, 5) is 31.0. The van der Waals surface area contributed by atoms with Crippen molar-refractivity contribution in [3.63, 3.8) is 0 Å². The van der Waals surface area contributed by atoms with E-state index in [4.69, 9.17) is 0 Å². The molecule has 0 bridgehead atoms. The number of carboxylic acids is 1. The van der Waals surface area contributed by atoms with Crippen LogP contribution < -0.4 is 10.2 Å². The van der Waals surface area contributed by atoms with E-state index in [9.17, 15) is 27.5 Å². The highest BCUT2D eigenvalue weighted by Gasteiger charge is 2.41. The summed E-state index contributed by atoms with van der Waals surface area (Å²) >= 11 is 0. The number of aliphatic carboxylic acids is 1. The first kappa shape index (κ1) is 28.3. The van der Waals surface area contributed by atoms with Crippen LogP contribution in [0.15, 0.2) is 46.5 Å². The third-order valence-electron chi connectivity index (χ3n) is 8.01. The van der Waals surface area contributed by atoms with Crippen molar-refractivity contribution in [1.82, 2.24) is 24.6 Å². The van der Waals surface area contributed by atoms with Gasteiger partial charge < -0.3 is 19.9 Å². The maximum Gasteiger partial charge on any atom is 0.311 e. The van der Waals surface area contributed by atoms with Gasteiger partial charge in [-0.25, -0.2) is 17.8 Å². The van der Waals surface area contributed by atoms with Gasteiger partial charge in [0.25, 0.3) is 5.91 Å². The number of rotatable bonds is 7. The quantitative estimate of drug-likeness (QED) is 0.339. The Hall–Kier alpha value is -4.26. The van der Waals surface area contributed by atoms with Crippen molar-refractivity contribution in [2.24, 2.45) is 19.5 Å². The van der Waals surface area contributed by atoms with Gasteiger partial charge in [0.05, 0.1) is 26.9 Å². The number of benzene rings is 1. The highest BCUT2D eigenvalue weighted by Crippen LogP contribution is 2.35. The number of anilines is 1. The zero-order valence-electron chi connectivity index (χ0n) is 23.4. The van der Waals surface area contributed by atoms with Gasteiger partial charge in [0, 0.05) is 56.6 Å². The fraction of sp³-hybridized carbons (Fsp3) is 0.357. The number of nitrogens with one attached hydrogen (secondary N) is 1. The van der Waals surface area contributed by atoms with Gasteiger partial charge in [-0.15, -0.1) is 0 Å². The summed E-state index contributed by atoms with van der Waals surface area (Å²) in [6.07, 6.45) is 3.28. The topological polar surface area (TPSA) is 139 Å². The van der Waals surface area contributed by atoms with Crippen molar-refractivity contribution in [3.8, 4) is 0 Å². The molecule has 3 aromatic heterocycles. The normalized spacial score (nSPS) is 17.4. The van der Waals surface area contributed by atoms with Crippen LogP contribution >= 0.6 is 0 Å². The standard InChI is InChI=1S/C28H31FN6O5S/c1-16-10-19(11-18-13-32-34(5)24(16)18)41(39,40)23-12-22(33(4)17(23)2)26(36)31-14-20-21(29)6-8-30-25(20)35-9-7-28(3,15-35)27(37)38/h6,8,10-13H,7,9,14-15H2,1-5H3,(H,31,36)(H,37,38). The number of aryl methyl sites for hydroxylation is 2. The van der Waals surface area contributed by atoms with E-state index in [-0.39, 0.29) is 40.0 Å². The molecule has 1 aromatic carbocycles. The van der Waals surface area contributed by atoms with E-state index < -0.39 is 32.9 Å². The van der Waals surface area contributed by atoms with Gasteiger partial charge in [0.1, 0.15) is 17.3 Å². The fourth-order valence-electron chi connectivity index (χ4n) is 5.43. The van der Waals surface area contributed by atoms with Crippen LogP contribution in [-0.2, 0) is 35.3 Å². The number of hydrogen-bond donors (Lipinski definition) is 2. The molecule has 0 aliphatic carbocycles. The second-order valence-corrected chi connectivity index (χ2v) is 12.7. The minimum Gasteiger partial charge on any atom is -0.481 e.